The second-order valence-electron chi connectivity index (χ2n) is 7.41. The number of benzene rings is 1. The highest BCUT2D eigenvalue weighted by Crippen LogP contribution is 2.27. The van der Waals surface area contributed by atoms with Gasteiger partial charge in [-0.3, -0.25) is 4.79 Å². The third kappa shape index (κ3) is 3.79. The van der Waals surface area contributed by atoms with Gasteiger partial charge in [0.05, 0.1) is 11.3 Å². The second-order valence-corrected chi connectivity index (χ2v) is 7.41. The van der Waals surface area contributed by atoms with Gasteiger partial charge in [0, 0.05) is 44.8 Å². The third-order valence-electron chi connectivity index (χ3n) is 5.34. The Hall–Kier alpha value is -3.94. The van der Waals surface area contributed by atoms with Crippen molar-refractivity contribution in [2.75, 3.05) is 31.1 Å². The predicted octanol–water partition coefficient (Wildman–Crippen LogP) is 3.19. The molecule has 0 unspecified atom stereocenters. The number of anilines is 1. The Bertz CT molecular complexity index is 1180. The minimum Gasteiger partial charge on any atom is -0.460 e. The van der Waals surface area contributed by atoms with Crippen molar-refractivity contribution in [3.05, 3.63) is 78.4 Å². The summed E-state index contributed by atoms with van der Waals surface area (Å²) in [5.74, 6) is 2.00. The van der Waals surface area contributed by atoms with Crippen LogP contribution in [0.25, 0.3) is 17.1 Å². The number of aromatic nitrogens is 4. The number of aryl methyl sites for hydroxylation is 1. The minimum absolute atomic E-state index is 0.0557. The number of hydrogen-bond donors (Lipinski definition) is 0. The maximum atomic E-state index is 13.5. The van der Waals surface area contributed by atoms with Crippen LogP contribution < -0.4 is 4.90 Å². The quantitative estimate of drug-likeness (QED) is 0.510. The van der Waals surface area contributed by atoms with E-state index < -0.39 is 0 Å². The fourth-order valence-corrected chi connectivity index (χ4v) is 3.72. The molecule has 1 fully saturated rings. The largest absolute Gasteiger partial charge is 0.460 e. The standard InChI is InChI=1S/C23H22N6O2/c1-17-8-9-20(31-17)21-19(16-29(26-21)18-6-3-2-4-7-18)22(30)27-12-14-28(15-13-27)23-24-10-5-11-25-23/h2-11,16H,12-15H2,1H3. The van der Waals surface area contributed by atoms with Gasteiger partial charge in [0.25, 0.3) is 5.91 Å². The lowest BCUT2D eigenvalue weighted by Crippen LogP contribution is -2.49. The van der Waals surface area contributed by atoms with Gasteiger partial charge in [-0.15, -0.1) is 0 Å². The van der Waals surface area contributed by atoms with E-state index in [4.69, 9.17) is 4.42 Å². The summed E-state index contributed by atoms with van der Waals surface area (Å²) in [4.78, 5) is 26.0. The molecule has 0 atom stereocenters. The number of hydrogen-bond acceptors (Lipinski definition) is 6. The number of para-hydroxylation sites is 1. The summed E-state index contributed by atoms with van der Waals surface area (Å²) < 4.78 is 7.53. The summed E-state index contributed by atoms with van der Waals surface area (Å²) in [7, 11) is 0. The molecule has 1 aromatic carbocycles. The highest BCUT2D eigenvalue weighted by molar-refractivity contribution is 5.99. The highest BCUT2D eigenvalue weighted by Gasteiger charge is 2.28. The number of amides is 1. The molecule has 0 spiro atoms. The zero-order chi connectivity index (χ0) is 21.2. The molecule has 8 nitrogen and oxygen atoms in total. The van der Waals surface area contributed by atoms with Crippen LogP contribution in [0.4, 0.5) is 5.95 Å². The lowest BCUT2D eigenvalue weighted by molar-refractivity contribution is 0.0746. The lowest BCUT2D eigenvalue weighted by atomic mass is 10.1. The van der Waals surface area contributed by atoms with E-state index >= 15 is 0 Å². The summed E-state index contributed by atoms with van der Waals surface area (Å²) in [6.07, 6.45) is 5.25. The van der Waals surface area contributed by atoms with Crippen LogP contribution in [0.5, 0.6) is 0 Å². The van der Waals surface area contributed by atoms with Gasteiger partial charge in [0.2, 0.25) is 5.95 Å². The highest BCUT2D eigenvalue weighted by atomic mass is 16.3. The number of rotatable bonds is 4. The van der Waals surface area contributed by atoms with Crippen molar-refractivity contribution in [1.29, 1.82) is 0 Å². The first-order valence-electron chi connectivity index (χ1n) is 10.2. The Morgan fingerprint density at radius 2 is 1.68 bits per heavy atom. The average Bonchev–Trinajstić information content (AvgIpc) is 3.46. The third-order valence-corrected chi connectivity index (χ3v) is 5.34. The molecule has 0 N–H and O–H groups in total. The topological polar surface area (TPSA) is 80.3 Å². The Morgan fingerprint density at radius 3 is 2.35 bits per heavy atom. The molecule has 5 rings (SSSR count). The molecule has 3 aromatic heterocycles. The van der Waals surface area contributed by atoms with Crippen molar-refractivity contribution in [3.8, 4) is 17.1 Å². The van der Waals surface area contributed by atoms with E-state index in [9.17, 15) is 4.79 Å². The van der Waals surface area contributed by atoms with Crippen molar-refractivity contribution >= 4 is 11.9 Å². The molecule has 4 heterocycles. The van der Waals surface area contributed by atoms with Crippen LogP contribution >= 0.6 is 0 Å². The smallest absolute Gasteiger partial charge is 0.257 e. The Morgan fingerprint density at radius 1 is 0.935 bits per heavy atom. The molecule has 31 heavy (non-hydrogen) atoms. The normalized spacial score (nSPS) is 14.1. The fourth-order valence-electron chi connectivity index (χ4n) is 3.72. The van der Waals surface area contributed by atoms with Crippen LogP contribution in [0.15, 0.2) is 71.5 Å². The van der Waals surface area contributed by atoms with Gasteiger partial charge in [0.1, 0.15) is 11.5 Å². The monoisotopic (exact) mass is 414 g/mol. The summed E-state index contributed by atoms with van der Waals surface area (Å²) in [5.41, 5.74) is 1.97. The van der Waals surface area contributed by atoms with Crippen molar-refractivity contribution in [2.24, 2.45) is 0 Å². The van der Waals surface area contributed by atoms with Crippen molar-refractivity contribution in [3.63, 3.8) is 0 Å². The number of nitrogens with zero attached hydrogens (tertiary/aromatic N) is 6. The van der Waals surface area contributed by atoms with E-state index in [2.05, 4.69) is 20.0 Å². The van der Waals surface area contributed by atoms with E-state index in [0.29, 0.717) is 49.1 Å². The van der Waals surface area contributed by atoms with Crippen LogP contribution in [0.1, 0.15) is 16.1 Å². The van der Waals surface area contributed by atoms with Crippen LogP contribution in [0.2, 0.25) is 0 Å². The second kappa shape index (κ2) is 8.06. The molecule has 0 saturated carbocycles. The van der Waals surface area contributed by atoms with Crippen LogP contribution in [-0.4, -0.2) is 56.7 Å². The SMILES string of the molecule is Cc1ccc(-c2nn(-c3ccccc3)cc2C(=O)N2CCN(c3ncccn3)CC2)o1. The van der Waals surface area contributed by atoms with Gasteiger partial charge in [-0.25, -0.2) is 14.6 Å². The van der Waals surface area contributed by atoms with Gasteiger partial charge in [-0.1, -0.05) is 18.2 Å². The molecule has 1 amide bonds. The first kappa shape index (κ1) is 19.0. The van der Waals surface area contributed by atoms with Gasteiger partial charge in [0.15, 0.2) is 5.76 Å². The summed E-state index contributed by atoms with van der Waals surface area (Å²) >= 11 is 0. The summed E-state index contributed by atoms with van der Waals surface area (Å²) in [5, 5.41) is 4.69. The molecule has 8 heteroatoms. The van der Waals surface area contributed by atoms with Gasteiger partial charge in [-0.05, 0) is 37.3 Å². The first-order chi connectivity index (χ1) is 15.2. The minimum atomic E-state index is -0.0557. The Labute approximate surface area is 179 Å². The van der Waals surface area contributed by atoms with Crippen LogP contribution in [0, 0.1) is 6.92 Å². The van der Waals surface area contributed by atoms with E-state index in [-0.39, 0.29) is 5.91 Å². The van der Waals surface area contributed by atoms with Gasteiger partial charge >= 0.3 is 0 Å². The molecule has 0 bridgehead atoms. The molecule has 0 aliphatic carbocycles. The Balaban J connectivity index is 1.42. The fraction of sp³-hybridized carbons (Fsp3) is 0.217. The maximum Gasteiger partial charge on any atom is 0.257 e. The van der Waals surface area contributed by atoms with E-state index in [0.717, 1.165) is 11.4 Å². The number of piperazine rings is 1. The van der Waals surface area contributed by atoms with E-state index in [1.807, 2.05) is 54.3 Å². The molecular weight excluding hydrogens is 392 g/mol. The Kier molecular flexibility index (Phi) is 4.95. The molecule has 1 aliphatic heterocycles. The van der Waals surface area contributed by atoms with Gasteiger partial charge in [-0.2, -0.15) is 5.10 Å². The summed E-state index contributed by atoms with van der Waals surface area (Å²) in [6, 6.07) is 15.3. The van der Waals surface area contributed by atoms with Crippen molar-refractivity contribution in [1.82, 2.24) is 24.6 Å². The number of carbonyl (C=O) groups excluding carboxylic acids is 1. The lowest BCUT2D eigenvalue weighted by Gasteiger charge is -2.34. The van der Waals surface area contributed by atoms with Crippen molar-refractivity contribution < 1.29 is 9.21 Å². The zero-order valence-electron chi connectivity index (χ0n) is 17.2. The number of carbonyl (C=O) groups is 1. The average molecular weight is 414 g/mol. The molecule has 156 valence electrons. The number of furan rings is 1. The maximum absolute atomic E-state index is 13.5. The molecular formula is C23H22N6O2. The van der Waals surface area contributed by atoms with Crippen molar-refractivity contribution in [2.45, 2.75) is 6.92 Å². The molecule has 0 radical (unpaired) electrons. The molecule has 1 saturated heterocycles. The van der Waals surface area contributed by atoms with Gasteiger partial charge < -0.3 is 14.2 Å². The van der Waals surface area contributed by atoms with Crippen LogP contribution in [-0.2, 0) is 0 Å². The zero-order valence-corrected chi connectivity index (χ0v) is 17.2. The van der Waals surface area contributed by atoms with Crippen LogP contribution in [0.3, 0.4) is 0 Å². The van der Waals surface area contributed by atoms with E-state index in [1.54, 1.807) is 29.3 Å². The molecule has 4 aromatic rings. The summed E-state index contributed by atoms with van der Waals surface area (Å²) in [6.45, 7) is 4.41. The first-order valence-corrected chi connectivity index (χ1v) is 10.2. The predicted molar refractivity (Wildman–Crippen MR) is 116 cm³/mol. The van der Waals surface area contributed by atoms with E-state index in [1.165, 1.54) is 0 Å². The molecule has 1 aliphatic rings.